The van der Waals surface area contributed by atoms with E-state index < -0.39 is 11.7 Å². The molecule has 0 saturated carbocycles. The molecule has 0 unspecified atom stereocenters. The van der Waals surface area contributed by atoms with Crippen LogP contribution in [0.5, 0.6) is 0 Å². The number of pyridine rings is 1. The number of hydrogen-bond acceptors (Lipinski definition) is 5. The lowest BCUT2D eigenvalue weighted by Crippen LogP contribution is -2.04. The van der Waals surface area contributed by atoms with Gasteiger partial charge in [-0.25, -0.2) is 15.0 Å². The zero-order chi connectivity index (χ0) is 22.1. The highest BCUT2D eigenvalue weighted by atomic mass is 19.4. The molecule has 0 spiro atoms. The first-order valence-corrected chi connectivity index (χ1v) is 9.64. The monoisotopic (exact) mass is 432 g/mol. The van der Waals surface area contributed by atoms with Crippen molar-refractivity contribution < 1.29 is 13.2 Å². The summed E-state index contributed by atoms with van der Waals surface area (Å²) in [6, 6.07) is 16.3. The predicted molar refractivity (Wildman–Crippen MR) is 115 cm³/mol. The Morgan fingerprint density at radius 2 is 1.72 bits per heavy atom. The Balaban J connectivity index is 1.39. The van der Waals surface area contributed by atoms with E-state index in [0.29, 0.717) is 28.4 Å². The molecular formula is C23H15F3N6. The molecule has 0 radical (unpaired) electrons. The third-order valence-corrected chi connectivity index (χ3v) is 4.80. The Kier molecular flexibility index (Phi) is 4.78. The SMILES string of the molecule is FC(F)(F)c1ccc2nc(-c3cccc(Nc4cnc(-c5ccccn5)cn4)c3)[nH]c2c1. The predicted octanol–water partition coefficient (Wildman–Crippen LogP) is 5.84. The summed E-state index contributed by atoms with van der Waals surface area (Å²) in [7, 11) is 0. The molecule has 6 nitrogen and oxygen atoms in total. The average Bonchev–Trinajstić information content (AvgIpc) is 3.23. The Labute approximate surface area is 180 Å². The summed E-state index contributed by atoms with van der Waals surface area (Å²) in [6.07, 6.45) is 0.523. The maximum Gasteiger partial charge on any atom is 0.416 e. The van der Waals surface area contributed by atoms with Crippen molar-refractivity contribution in [2.24, 2.45) is 0 Å². The largest absolute Gasteiger partial charge is 0.416 e. The van der Waals surface area contributed by atoms with Gasteiger partial charge in [0.25, 0.3) is 0 Å². The molecule has 5 rings (SSSR count). The lowest BCUT2D eigenvalue weighted by atomic mass is 10.2. The summed E-state index contributed by atoms with van der Waals surface area (Å²) in [5, 5.41) is 3.17. The molecule has 2 N–H and O–H groups in total. The number of hydrogen-bond donors (Lipinski definition) is 2. The minimum atomic E-state index is -4.41. The number of nitrogens with zero attached hydrogens (tertiary/aromatic N) is 4. The zero-order valence-electron chi connectivity index (χ0n) is 16.4. The van der Waals surface area contributed by atoms with Gasteiger partial charge in [0.1, 0.15) is 17.3 Å². The molecular weight excluding hydrogens is 417 g/mol. The van der Waals surface area contributed by atoms with Crippen LogP contribution in [0.15, 0.2) is 79.3 Å². The van der Waals surface area contributed by atoms with Gasteiger partial charge in [-0.15, -0.1) is 0 Å². The molecule has 0 aliphatic rings. The number of H-pyrrole nitrogens is 1. The second-order valence-electron chi connectivity index (χ2n) is 7.02. The molecule has 5 aromatic rings. The minimum absolute atomic E-state index is 0.323. The summed E-state index contributed by atoms with van der Waals surface area (Å²) in [6.45, 7) is 0. The van der Waals surface area contributed by atoms with Gasteiger partial charge in [0.15, 0.2) is 0 Å². The van der Waals surface area contributed by atoms with Crippen molar-refractivity contribution in [3.63, 3.8) is 0 Å². The summed E-state index contributed by atoms with van der Waals surface area (Å²) < 4.78 is 38.9. The van der Waals surface area contributed by atoms with E-state index in [2.05, 4.69) is 30.2 Å². The van der Waals surface area contributed by atoms with E-state index in [9.17, 15) is 13.2 Å². The van der Waals surface area contributed by atoms with Crippen molar-refractivity contribution in [3.05, 3.63) is 84.8 Å². The fourth-order valence-corrected chi connectivity index (χ4v) is 3.25. The maximum absolute atomic E-state index is 13.0. The number of imidazole rings is 1. The molecule has 32 heavy (non-hydrogen) atoms. The first-order chi connectivity index (χ1) is 15.5. The molecule has 0 saturated heterocycles. The summed E-state index contributed by atoms with van der Waals surface area (Å²) in [4.78, 5) is 20.4. The van der Waals surface area contributed by atoms with Crippen molar-refractivity contribution in [2.45, 2.75) is 6.18 Å². The van der Waals surface area contributed by atoms with Crippen LogP contribution < -0.4 is 5.32 Å². The molecule has 158 valence electrons. The van der Waals surface area contributed by atoms with Gasteiger partial charge < -0.3 is 10.3 Å². The van der Waals surface area contributed by atoms with E-state index in [-0.39, 0.29) is 0 Å². The molecule has 0 atom stereocenters. The first kappa shape index (κ1) is 19.7. The maximum atomic E-state index is 13.0. The van der Waals surface area contributed by atoms with E-state index in [1.165, 1.54) is 6.07 Å². The second-order valence-corrected chi connectivity index (χ2v) is 7.02. The van der Waals surface area contributed by atoms with Crippen LogP contribution in [0.2, 0.25) is 0 Å². The van der Waals surface area contributed by atoms with Crippen molar-refractivity contribution in [2.75, 3.05) is 5.32 Å². The van der Waals surface area contributed by atoms with Crippen molar-refractivity contribution >= 4 is 22.5 Å². The van der Waals surface area contributed by atoms with Crippen molar-refractivity contribution in [3.8, 4) is 22.8 Å². The highest BCUT2D eigenvalue weighted by Crippen LogP contribution is 2.32. The number of rotatable bonds is 4. The number of fused-ring (bicyclic) bond motifs is 1. The average molecular weight is 432 g/mol. The smallest absolute Gasteiger partial charge is 0.339 e. The molecule has 3 heterocycles. The molecule has 0 fully saturated rings. The Morgan fingerprint density at radius 3 is 2.47 bits per heavy atom. The van der Waals surface area contributed by atoms with E-state index in [1.807, 2.05) is 42.5 Å². The molecule has 0 aliphatic carbocycles. The molecule has 0 aliphatic heterocycles. The normalized spacial score (nSPS) is 11.6. The van der Waals surface area contributed by atoms with E-state index in [1.54, 1.807) is 18.6 Å². The van der Waals surface area contributed by atoms with E-state index >= 15 is 0 Å². The highest BCUT2D eigenvalue weighted by molar-refractivity contribution is 5.81. The standard InChI is InChI=1S/C23H15F3N6/c24-23(25,26)15-7-8-18-19(11-15)32-22(31-18)14-4-3-5-16(10-14)30-21-13-28-20(12-29-21)17-6-1-2-9-27-17/h1-13H,(H,29,30)(H,31,32). The molecule has 0 amide bonds. The topological polar surface area (TPSA) is 79.4 Å². The summed E-state index contributed by atoms with van der Waals surface area (Å²) >= 11 is 0. The number of aromatic amines is 1. The van der Waals surface area contributed by atoms with Crippen LogP contribution in [-0.2, 0) is 6.18 Å². The van der Waals surface area contributed by atoms with Gasteiger partial charge in [-0.2, -0.15) is 13.2 Å². The van der Waals surface area contributed by atoms with Crippen LogP contribution in [0.4, 0.5) is 24.7 Å². The van der Waals surface area contributed by atoms with Crippen molar-refractivity contribution in [1.29, 1.82) is 0 Å². The first-order valence-electron chi connectivity index (χ1n) is 9.64. The third kappa shape index (κ3) is 4.00. The fourth-order valence-electron chi connectivity index (χ4n) is 3.25. The van der Waals surface area contributed by atoms with Gasteiger partial charge in [-0.1, -0.05) is 18.2 Å². The number of nitrogens with one attached hydrogen (secondary N) is 2. The lowest BCUT2D eigenvalue weighted by molar-refractivity contribution is -0.137. The molecule has 9 heteroatoms. The van der Waals surface area contributed by atoms with Gasteiger partial charge in [-0.3, -0.25) is 4.98 Å². The van der Waals surface area contributed by atoms with Crippen LogP contribution in [0.25, 0.3) is 33.8 Å². The number of anilines is 2. The van der Waals surface area contributed by atoms with Crippen LogP contribution in [0.3, 0.4) is 0 Å². The fraction of sp³-hybridized carbons (Fsp3) is 0.0435. The Morgan fingerprint density at radius 1 is 0.812 bits per heavy atom. The summed E-state index contributed by atoms with van der Waals surface area (Å²) in [5.74, 6) is 1.01. The zero-order valence-corrected chi connectivity index (χ0v) is 16.4. The quantitative estimate of drug-likeness (QED) is 0.373. The summed E-state index contributed by atoms with van der Waals surface area (Å²) in [5.41, 5.74) is 2.91. The van der Waals surface area contributed by atoms with Crippen LogP contribution >= 0.6 is 0 Å². The molecule has 2 aromatic carbocycles. The van der Waals surface area contributed by atoms with Gasteiger partial charge in [-0.05, 0) is 42.5 Å². The van der Waals surface area contributed by atoms with Gasteiger partial charge >= 0.3 is 6.18 Å². The van der Waals surface area contributed by atoms with Crippen LogP contribution in [0.1, 0.15) is 5.56 Å². The number of halogens is 3. The van der Waals surface area contributed by atoms with Crippen LogP contribution in [0, 0.1) is 0 Å². The minimum Gasteiger partial charge on any atom is -0.339 e. The van der Waals surface area contributed by atoms with Crippen molar-refractivity contribution in [1.82, 2.24) is 24.9 Å². The van der Waals surface area contributed by atoms with Gasteiger partial charge in [0, 0.05) is 17.4 Å². The van der Waals surface area contributed by atoms with E-state index in [4.69, 9.17) is 0 Å². The highest BCUT2D eigenvalue weighted by Gasteiger charge is 2.30. The number of benzene rings is 2. The Bertz CT molecular complexity index is 1380. The van der Waals surface area contributed by atoms with Gasteiger partial charge in [0.05, 0.1) is 34.7 Å². The second kappa shape index (κ2) is 7.77. The van der Waals surface area contributed by atoms with Crippen LogP contribution in [-0.4, -0.2) is 24.9 Å². The van der Waals surface area contributed by atoms with E-state index in [0.717, 1.165) is 29.1 Å². The number of alkyl halides is 3. The third-order valence-electron chi connectivity index (χ3n) is 4.80. The van der Waals surface area contributed by atoms with Gasteiger partial charge in [0.2, 0.25) is 0 Å². The number of aromatic nitrogens is 5. The molecule has 0 bridgehead atoms. The molecule has 3 aromatic heterocycles. The lowest BCUT2D eigenvalue weighted by Gasteiger charge is -2.07. The Hall–Kier alpha value is -4.27.